The number of amides is 1. The summed E-state index contributed by atoms with van der Waals surface area (Å²) in [5, 5.41) is 2.78. The monoisotopic (exact) mass is 269 g/mol. The Kier molecular flexibility index (Phi) is 5.09. The molecule has 1 saturated carbocycles. The Morgan fingerprint density at radius 1 is 1.21 bits per heavy atom. The minimum absolute atomic E-state index is 0.00379. The van der Waals surface area contributed by atoms with Gasteiger partial charge in [0, 0.05) is 12.0 Å². The Morgan fingerprint density at radius 2 is 1.84 bits per heavy atom. The zero-order valence-corrected chi connectivity index (χ0v) is 12.1. The van der Waals surface area contributed by atoms with Crippen molar-refractivity contribution in [2.24, 2.45) is 5.92 Å². The summed E-state index contributed by atoms with van der Waals surface area (Å²) in [6.45, 7) is 6.84. The first-order chi connectivity index (χ1) is 8.67. The van der Waals surface area contributed by atoms with Crippen molar-refractivity contribution in [2.75, 3.05) is 0 Å². The van der Waals surface area contributed by atoms with Crippen LogP contribution in [0.15, 0.2) is 0 Å². The van der Waals surface area contributed by atoms with Crippen molar-refractivity contribution in [2.45, 2.75) is 65.0 Å². The van der Waals surface area contributed by atoms with E-state index in [9.17, 15) is 14.4 Å². The van der Waals surface area contributed by atoms with Gasteiger partial charge in [0.2, 0.25) is 0 Å². The lowest BCUT2D eigenvalue weighted by Gasteiger charge is -2.21. The van der Waals surface area contributed by atoms with Gasteiger partial charge in [-0.15, -0.1) is 0 Å². The summed E-state index contributed by atoms with van der Waals surface area (Å²) in [6, 6.07) is -0.0317. The van der Waals surface area contributed by atoms with Gasteiger partial charge in [0.05, 0.1) is 6.42 Å². The molecule has 2 unspecified atom stereocenters. The number of hydrogen-bond acceptors (Lipinski definition) is 4. The molecule has 0 bridgehead atoms. The van der Waals surface area contributed by atoms with Crippen LogP contribution >= 0.6 is 0 Å². The molecular weight excluding hydrogens is 246 g/mol. The zero-order valence-electron chi connectivity index (χ0n) is 12.1. The molecule has 0 aromatic heterocycles. The molecule has 108 valence electrons. The van der Waals surface area contributed by atoms with Gasteiger partial charge in [0.1, 0.15) is 17.2 Å². The van der Waals surface area contributed by atoms with Gasteiger partial charge < -0.3 is 10.1 Å². The molecule has 0 saturated heterocycles. The highest BCUT2D eigenvalue weighted by molar-refractivity contribution is 5.99. The summed E-state index contributed by atoms with van der Waals surface area (Å²) in [5.74, 6) is -0.224. The van der Waals surface area contributed by atoms with Crippen molar-refractivity contribution in [3.05, 3.63) is 0 Å². The predicted molar refractivity (Wildman–Crippen MR) is 70.8 cm³/mol. The highest BCUT2D eigenvalue weighted by Crippen LogP contribution is 2.27. The Balaban J connectivity index is 2.38. The van der Waals surface area contributed by atoms with Crippen LogP contribution < -0.4 is 5.32 Å². The minimum Gasteiger partial charge on any atom is -0.444 e. The molecule has 1 aliphatic carbocycles. The summed E-state index contributed by atoms with van der Waals surface area (Å²) >= 11 is 0. The number of carbonyl (C=O) groups is 3. The first kappa shape index (κ1) is 15.7. The number of rotatable bonds is 4. The van der Waals surface area contributed by atoms with Gasteiger partial charge in [0.25, 0.3) is 0 Å². The molecule has 1 rings (SSSR count). The van der Waals surface area contributed by atoms with Crippen molar-refractivity contribution in [3.63, 3.8) is 0 Å². The van der Waals surface area contributed by atoms with Gasteiger partial charge in [-0.05, 0) is 47.0 Å². The second-order valence-electron chi connectivity index (χ2n) is 6.20. The van der Waals surface area contributed by atoms with E-state index >= 15 is 0 Å². The van der Waals surface area contributed by atoms with Crippen molar-refractivity contribution >= 4 is 17.7 Å². The summed E-state index contributed by atoms with van der Waals surface area (Å²) in [5.41, 5.74) is -0.521. The molecule has 0 heterocycles. The standard InChI is InChI=1S/C14H23NO4/c1-9(16)7-12(17)10-5-6-11(8-10)15-13(18)19-14(2,3)4/h10-11H,5-8H2,1-4H3,(H,15,18). The molecule has 1 fully saturated rings. The highest BCUT2D eigenvalue weighted by Gasteiger charge is 2.31. The smallest absolute Gasteiger partial charge is 0.407 e. The SMILES string of the molecule is CC(=O)CC(=O)C1CCC(NC(=O)OC(C)(C)C)C1. The number of Topliss-reactive ketones (excluding diaryl/α,β-unsaturated/α-hetero) is 2. The van der Waals surface area contributed by atoms with E-state index in [4.69, 9.17) is 4.74 Å². The van der Waals surface area contributed by atoms with Crippen LogP contribution in [0.2, 0.25) is 0 Å². The lowest BCUT2D eigenvalue weighted by Crippen LogP contribution is -2.38. The van der Waals surface area contributed by atoms with E-state index < -0.39 is 11.7 Å². The van der Waals surface area contributed by atoms with E-state index in [0.29, 0.717) is 6.42 Å². The average Bonchev–Trinajstić information content (AvgIpc) is 2.61. The molecule has 5 heteroatoms. The average molecular weight is 269 g/mol. The van der Waals surface area contributed by atoms with Gasteiger partial charge >= 0.3 is 6.09 Å². The van der Waals surface area contributed by atoms with Crippen LogP contribution in [-0.4, -0.2) is 29.3 Å². The van der Waals surface area contributed by atoms with Crippen molar-refractivity contribution in [3.8, 4) is 0 Å². The highest BCUT2D eigenvalue weighted by atomic mass is 16.6. The number of alkyl carbamates (subject to hydrolysis) is 1. The largest absolute Gasteiger partial charge is 0.444 e. The maximum atomic E-state index is 11.8. The van der Waals surface area contributed by atoms with Crippen LogP contribution in [0.25, 0.3) is 0 Å². The molecule has 0 radical (unpaired) electrons. The molecule has 0 aromatic rings. The third kappa shape index (κ3) is 5.85. The third-order valence-electron chi connectivity index (χ3n) is 3.03. The van der Waals surface area contributed by atoms with Crippen LogP contribution in [0.5, 0.6) is 0 Å². The number of hydrogen-bond donors (Lipinski definition) is 1. The Bertz CT molecular complexity index is 370. The third-order valence-corrected chi connectivity index (χ3v) is 3.03. The van der Waals surface area contributed by atoms with Crippen LogP contribution in [0, 0.1) is 5.92 Å². The quantitative estimate of drug-likeness (QED) is 0.794. The van der Waals surface area contributed by atoms with Crippen molar-refractivity contribution in [1.29, 1.82) is 0 Å². The Labute approximate surface area is 114 Å². The van der Waals surface area contributed by atoms with E-state index in [1.165, 1.54) is 6.92 Å². The van der Waals surface area contributed by atoms with Crippen molar-refractivity contribution < 1.29 is 19.1 Å². The number of ketones is 2. The maximum Gasteiger partial charge on any atom is 0.407 e. The van der Waals surface area contributed by atoms with E-state index in [0.717, 1.165) is 12.8 Å². The van der Waals surface area contributed by atoms with Gasteiger partial charge in [0.15, 0.2) is 0 Å². The zero-order chi connectivity index (χ0) is 14.6. The van der Waals surface area contributed by atoms with Crippen LogP contribution in [0.1, 0.15) is 53.4 Å². The second-order valence-corrected chi connectivity index (χ2v) is 6.20. The molecular formula is C14H23NO4. The molecule has 5 nitrogen and oxygen atoms in total. The van der Waals surface area contributed by atoms with Gasteiger partial charge in [-0.25, -0.2) is 4.79 Å². The predicted octanol–water partition coefficient (Wildman–Crippen LogP) is 2.23. The fourth-order valence-corrected chi connectivity index (χ4v) is 2.27. The molecule has 1 amide bonds. The minimum atomic E-state index is -0.521. The molecule has 19 heavy (non-hydrogen) atoms. The molecule has 0 aliphatic heterocycles. The van der Waals surface area contributed by atoms with Gasteiger partial charge in [-0.1, -0.05) is 0 Å². The lowest BCUT2D eigenvalue weighted by molar-refractivity contribution is -0.128. The summed E-state index contributed by atoms with van der Waals surface area (Å²) in [4.78, 5) is 34.3. The molecule has 0 aromatic carbocycles. The Morgan fingerprint density at radius 3 is 2.37 bits per heavy atom. The second kappa shape index (κ2) is 6.17. The fourth-order valence-electron chi connectivity index (χ4n) is 2.27. The molecule has 1 N–H and O–H groups in total. The number of carbonyl (C=O) groups excluding carboxylic acids is 3. The van der Waals surface area contributed by atoms with E-state index in [1.807, 2.05) is 0 Å². The van der Waals surface area contributed by atoms with E-state index in [-0.39, 0.29) is 29.9 Å². The molecule has 0 spiro atoms. The summed E-state index contributed by atoms with van der Waals surface area (Å²) < 4.78 is 5.17. The number of nitrogens with one attached hydrogen (secondary N) is 1. The van der Waals surface area contributed by atoms with Crippen LogP contribution in [0.4, 0.5) is 4.79 Å². The van der Waals surface area contributed by atoms with Crippen LogP contribution in [0.3, 0.4) is 0 Å². The van der Waals surface area contributed by atoms with E-state index in [1.54, 1.807) is 20.8 Å². The van der Waals surface area contributed by atoms with Gasteiger partial charge in [-0.3, -0.25) is 9.59 Å². The molecule has 2 atom stereocenters. The van der Waals surface area contributed by atoms with Gasteiger partial charge in [-0.2, -0.15) is 0 Å². The summed E-state index contributed by atoms with van der Waals surface area (Å²) in [7, 11) is 0. The summed E-state index contributed by atoms with van der Waals surface area (Å²) in [6.07, 6.45) is 1.65. The van der Waals surface area contributed by atoms with Crippen LogP contribution in [-0.2, 0) is 14.3 Å². The molecule has 1 aliphatic rings. The maximum absolute atomic E-state index is 11.8. The lowest BCUT2D eigenvalue weighted by atomic mass is 9.98. The topological polar surface area (TPSA) is 72.5 Å². The first-order valence-corrected chi connectivity index (χ1v) is 6.69. The normalized spacial score (nSPS) is 22.9. The van der Waals surface area contributed by atoms with Crippen molar-refractivity contribution in [1.82, 2.24) is 5.32 Å². The first-order valence-electron chi connectivity index (χ1n) is 6.69. The Hall–Kier alpha value is -1.39. The fraction of sp³-hybridized carbons (Fsp3) is 0.786. The number of ether oxygens (including phenoxy) is 1. The van der Waals surface area contributed by atoms with E-state index in [2.05, 4.69) is 5.32 Å².